The highest BCUT2D eigenvalue weighted by Crippen LogP contribution is 2.39. The van der Waals surface area contributed by atoms with E-state index in [9.17, 15) is 23.1 Å². The van der Waals surface area contributed by atoms with Crippen LogP contribution in [0, 0.1) is 5.41 Å². The van der Waals surface area contributed by atoms with Crippen molar-refractivity contribution < 1.29 is 23.1 Å². The molecular formula is C10H16F3NO2. The molecular weight excluding hydrogens is 223 g/mol. The van der Waals surface area contributed by atoms with Crippen LogP contribution in [0.3, 0.4) is 0 Å². The van der Waals surface area contributed by atoms with Gasteiger partial charge in [-0.3, -0.25) is 4.79 Å². The minimum atomic E-state index is -4.49. The predicted octanol–water partition coefficient (Wildman–Crippen LogP) is 1.56. The second kappa shape index (κ2) is 3.61. The lowest BCUT2D eigenvalue weighted by Crippen LogP contribution is -2.40. The number of carbonyl (C=O) groups excluding carboxylic acids is 1. The number of amides is 1. The first kappa shape index (κ1) is 13.3. The molecule has 0 aromatic heterocycles. The number of likely N-dealkylation sites (tertiary alicyclic amines) is 1. The van der Waals surface area contributed by atoms with Crippen LogP contribution in [0.2, 0.25) is 0 Å². The Hall–Kier alpha value is -0.780. The van der Waals surface area contributed by atoms with E-state index in [0.717, 1.165) is 4.90 Å². The van der Waals surface area contributed by atoms with Gasteiger partial charge in [0.15, 0.2) is 0 Å². The Morgan fingerprint density at radius 1 is 1.31 bits per heavy atom. The Balaban J connectivity index is 2.70. The summed E-state index contributed by atoms with van der Waals surface area (Å²) in [7, 11) is 0. The summed E-state index contributed by atoms with van der Waals surface area (Å²) in [6.45, 7) is 5.10. The van der Waals surface area contributed by atoms with Crippen LogP contribution >= 0.6 is 0 Å². The van der Waals surface area contributed by atoms with Gasteiger partial charge < -0.3 is 10.0 Å². The first-order chi connectivity index (χ1) is 6.95. The maximum absolute atomic E-state index is 12.0. The van der Waals surface area contributed by atoms with E-state index in [4.69, 9.17) is 0 Å². The smallest absolute Gasteiger partial charge is 0.388 e. The standard InChI is InChI=1S/C10H16F3NO2/c1-8(2)5-14(6-9(8,3)16)7(15)4-10(11,12)13/h16H,4-6H2,1-3H3/t9-/m0/s1. The highest BCUT2D eigenvalue weighted by molar-refractivity contribution is 5.77. The molecule has 94 valence electrons. The SMILES string of the molecule is CC1(C)CN(C(=O)CC(F)(F)F)C[C@]1(C)O. The van der Waals surface area contributed by atoms with E-state index >= 15 is 0 Å². The zero-order valence-electron chi connectivity index (χ0n) is 9.56. The van der Waals surface area contributed by atoms with Crippen LogP contribution in [-0.4, -0.2) is 40.8 Å². The van der Waals surface area contributed by atoms with Gasteiger partial charge in [-0.1, -0.05) is 13.8 Å². The number of halogens is 3. The Bertz CT molecular complexity index is 281. The third-order valence-corrected chi connectivity index (χ3v) is 3.25. The molecule has 0 aliphatic carbocycles. The molecule has 0 radical (unpaired) electrons. The summed E-state index contributed by atoms with van der Waals surface area (Å²) in [5.74, 6) is -0.974. The molecule has 1 rings (SSSR count). The lowest BCUT2D eigenvalue weighted by molar-refractivity contribution is -0.161. The van der Waals surface area contributed by atoms with E-state index in [1.54, 1.807) is 13.8 Å². The third-order valence-electron chi connectivity index (χ3n) is 3.25. The molecule has 1 saturated heterocycles. The van der Waals surface area contributed by atoms with Gasteiger partial charge >= 0.3 is 6.18 Å². The fourth-order valence-electron chi connectivity index (χ4n) is 1.75. The molecule has 1 fully saturated rings. The maximum Gasteiger partial charge on any atom is 0.397 e. The number of rotatable bonds is 1. The van der Waals surface area contributed by atoms with E-state index in [0.29, 0.717) is 0 Å². The summed E-state index contributed by atoms with van der Waals surface area (Å²) in [4.78, 5) is 12.4. The van der Waals surface area contributed by atoms with Crippen molar-refractivity contribution in [3.63, 3.8) is 0 Å². The molecule has 1 aliphatic rings. The van der Waals surface area contributed by atoms with Crippen molar-refractivity contribution in [3.8, 4) is 0 Å². The van der Waals surface area contributed by atoms with Crippen molar-refractivity contribution >= 4 is 5.91 Å². The second-order valence-corrected chi connectivity index (χ2v) is 5.20. The number of hydrogen-bond acceptors (Lipinski definition) is 2. The Kier molecular flexibility index (Phi) is 3.00. The number of aliphatic hydroxyl groups is 1. The average Bonchev–Trinajstić information content (AvgIpc) is 2.17. The largest absolute Gasteiger partial charge is 0.397 e. The van der Waals surface area contributed by atoms with Crippen LogP contribution in [0.5, 0.6) is 0 Å². The lowest BCUT2D eigenvalue weighted by Gasteiger charge is -2.30. The van der Waals surface area contributed by atoms with E-state index in [1.165, 1.54) is 6.92 Å². The van der Waals surface area contributed by atoms with Crippen LogP contribution in [-0.2, 0) is 4.79 Å². The molecule has 1 amide bonds. The van der Waals surface area contributed by atoms with Crippen LogP contribution in [0.15, 0.2) is 0 Å². The molecule has 0 bridgehead atoms. The van der Waals surface area contributed by atoms with Gasteiger partial charge in [0, 0.05) is 18.5 Å². The summed E-state index contributed by atoms with van der Waals surface area (Å²) in [5, 5.41) is 9.96. The number of carbonyl (C=O) groups is 1. The van der Waals surface area contributed by atoms with Gasteiger partial charge in [-0.15, -0.1) is 0 Å². The van der Waals surface area contributed by atoms with Crippen LogP contribution in [0.25, 0.3) is 0 Å². The fraction of sp³-hybridized carbons (Fsp3) is 0.900. The van der Waals surface area contributed by atoms with E-state index in [2.05, 4.69) is 0 Å². The molecule has 1 aliphatic heterocycles. The van der Waals surface area contributed by atoms with E-state index < -0.39 is 29.5 Å². The van der Waals surface area contributed by atoms with E-state index in [-0.39, 0.29) is 13.1 Å². The van der Waals surface area contributed by atoms with Gasteiger partial charge in [0.05, 0.1) is 5.60 Å². The normalized spacial score (nSPS) is 29.6. The number of hydrogen-bond donors (Lipinski definition) is 1. The zero-order valence-corrected chi connectivity index (χ0v) is 9.56. The molecule has 0 aromatic carbocycles. The Morgan fingerprint density at radius 2 is 1.81 bits per heavy atom. The van der Waals surface area contributed by atoms with Crippen molar-refractivity contribution in [1.29, 1.82) is 0 Å². The zero-order chi connectivity index (χ0) is 12.8. The maximum atomic E-state index is 12.0. The molecule has 0 aromatic rings. The summed E-state index contributed by atoms with van der Waals surface area (Å²) >= 11 is 0. The number of alkyl halides is 3. The quantitative estimate of drug-likeness (QED) is 0.754. The fourth-order valence-corrected chi connectivity index (χ4v) is 1.75. The van der Waals surface area contributed by atoms with E-state index in [1.807, 2.05) is 0 Å². The summed E-state index contributed by atoms with van der Waals surface area (Å²) in [6, 6.07) is 0. The Labute approximate surface area is 92.2 Å². The second-order valence-electron chi connectivity index (χ2n) is 5.20. The monoisotopic (exact) mass is 239 g/mol. The molecule has 0 unspecified atom stereocenters. The van der Waals surface area contributed by atoms with Crippen molar-refractivity contribution in [2.45, 2.75) is 39.0 Å². The summed E-state index contributed by atoms with van der Waals surface area (Å²) < 4.78 is 36.1. The molecule has 16 heavy (non-hydrogen) atoms. The summed E-state index contributed by atoms with van der Waals surface area (Å²) in [5.41, 5.74) is -1.73. The van der Waals surface area contributed by atoms with Crippen LogP contribution in [0.4, 0.5) is 13.2 Å². The third kappa shape index (κ3) is 2.66. The predicted molar refractivity (Wildman–Crippen MR) is 51.7 cm³/mol. The highest BCUT2D eigenvalue weighted by atomic mass is 19.4. The van der Waals surface area contributed by atoms with Gasteiger partial charge in [0.25, 0.3) is 0 Å². The lowest BCUT2D eigenvalue weighted by atomic mass is 9.79. The minimum Gasteiger partial charge on any atom is -0.388 e. The topological polar surface area (TPSA) is 40.5 Å². The number of β-amino-alcohol motifs (C(OH)–C–C–N with tert-alkyl or cyclic N) is 1. The molecule has 0 spiro atoms. The molecule has 1 N–H and O–H groups in total. The van der Waals surface area contributed by atoms with Crippen molar-refractivity contribution in [3.05, 3.63) is 0 Å². The summed E-state index contributed by atoms with van der Waals surface area (Å²) in [6.07, 6.45) is -5.95. The van der Waals surface area contributed by atoms with Gasteiger partial charge in [0.1, 0.15) is 6.42 Å². The average molecular weight is 239 g/mol. The van der Waals surface area contributed by atoms with Gasteiger partial charge in [-0.2, -0.15) is 13.2 Å². The van der Waals surface area contributed by atoms with Crippen molar-refractivity contribution in [1.82, 2.24) is 4.90 Å². The van der Waals surface area contributed by atoms with Crippen LogP contribution in [0.1, 0.15) is 27.2 Å². The van der Waals surface area contributed by atoms with Crippen molar-refractivity contribution in [2.75, 3.05) is 13.1 Å². The molecule has 3 nitrogen and oxygen atoms in total. The van der Waals surface area contributed by atoms with Crippen molar-refractivity contribution in [2.24, 2.45) is 5.41 Å². The molecule has 1 heterocycles. The highest BCUT2D eigenvalue weighted by Gasteiger charge is 2.50. The Morgan fingerprint density at radius 3 is 2.12 bits per heavy atom. The molecule has 6 heteroatoms. The van der Waals surface area contributed by atoms with Gasteiger partial charge in [-0.05, 0) is 6.92 Å². The number of nitrogens with zero attached hydrogens (tertiary/aromatic N) is 1. The first-order valence-electron chi connectivity index (χ1n) is 5.01. The minimum absolute atomic E-state index is 0.0467. The van der Waals surface area contributed by atoms with Gasteiger partial charge in [-0.25, -0.2) is 0 Å². The first-order valence-corrected chi connectivity index (χ1v) is 5.01. The molecule has 0 saturated carbocycles. The van der Waals surface area contributed by atoms with Gasteiger partial charge in [0.2, 0.25) is 5.91 Å². The van der Waals surface area contributed by atoms with Crippen LogP contribution < -0.4 is 0 Å². The molecule has 1 atom stereocenters.